The fourth-order valence-electron chi connectivity index (χ4n) is 1.35. The molecule has 0 aliphatic heterocycles. The summed E-state index contributed by atoms with van der Waals surface area (Å²) < 4.78 is 5.17. The van der Waals surface area contributed by atoms with Gasteiger partial charge in [0.25, 0.3) is 0 Å². The molecule has 1 amide bonds. The van der Waals surface area contributed by atoms with Gasteiger partial charge in [-0.3, -0.25) is 0 Å². The molecule has 18 heavy (non-hydrogen) atoms. The molecule has 0 aromatic heterocycles. The molecule has 5 heteroatoms. The molecule has 1 atom stereocenters. The third-order valence-corrected chi connectivity index (χ3v) is 2.92. The van der Waals surface area contributed by atoms with Crippen molar-refractivity contribution in [2.24, 2.45) is 0 Å². The zero-order valence-corrected chi connectivity index (χ0v) is 12.4. The number of ether oxygens (including phenoxy) is 1. The van der Waals surface area contributed by atoms with E-state index in [9.17, 15) is 4.79 Å². The molecular weight excluding hydrogens is 273 g/mol. The molecule has 1 unspecified atom stereocenters. The first-order valence-corrected chi connectivity index (χ1v) is 6.39. The summed E-state index contributed by atoms with van der Waals surface area (Å²) in [5.74, 6) is 0. The first-order chi connectivity index (χ1) is 8.19. The van der Waals surface area contributed by atoms with Gasteiger partial charge < -0.3 is 10.1 Å². The van der Waals surface area contributed by atoms with Crippen LogP contribution in [-0.4, -0.2) is 11.7 Å². The van der Waals surface area contributed by atoms with Crippen molar-refractivity contribution < 1.29 is 9.53 Å². The summed E-state index contributed by atoms with van der Waals surface area (Å²) in [5, 5.41) is 3.69. The molecule has 1 aromatic carbocycles. The second-order valence-electron chi connectivity index (χ2n) is 5.04. The van der Waals surface area contributed by atoms with Gasteiger partial charge in [0.15, 0.2) is 0 Å². The lowest BCUT2D eigenvalue weighted by Crippen LogP contribution is -2.34. The lowest BCUT2D eigenvalue weighted by molar-refractivity contribution is 0.0508. The highest BCUT2D eigenvalue weighted by atomic mass is 35.5. The Morgan fingerprint density at radius 1 is 1.28 bits per heavy atom. The lowest BCUT2D eigenvalue weighted by Gasteiger charge is -2.22. The Morgan fingerprint density at radius 3 is 2.39 bits per heavy atom. The van der Waals surface area contributed by atoms with Crippen molar-refractivity contribution in [2.75, 3.05) is 0 Å². The van der Waals surface area contributed by atoms with Crippen LogP contribution in [0.3, 0.4) is 0 Å². The maximum absolute atomic E-state index is 11.6. The van der Waals surface area contributed by atoms with Gasteiger partial charge in [0.1, 0.15) is 5.60 Å². The average Bonchev–Trinajstić information content (AvgIpc) is 2.18. The van der Waals surface area contributed by atoms with Crippen LogP contribution in [0.15, 0.2) is 18.2 Å². The molecule has 0 saturated carbocycles. The van der Waals surface area contributed by atoms with E-state index in [-0.39, 0.29) is 6.04 Å². The van der Waals surface area contributed by atoms with Crippen LogP contribution in [0.2, 0.25) is 10.0 Å². The monoisotopic (exact) mass is 289 g/mol. The number of hydrogen-bond acceptors (Lipinski definition) is 2. The summed E-state index contributed by atoms with van der Waals surface area (Å²) in [4.78, 5) is 11.6. The van der Waals surface area contributed by atoms with Crippen LogP contribution >= 0.6 is 23.2 Å². The molecule has 0 bridgehead atoms. The number of benzene rings is 1. The van der Waals surface area contributed by atoms with Gasteiger partial charge in [-0.2, -0.15) is 0 Å². The topological polar surface area (TPSA) is 38.3 Å². The van der Waals surface area contributed by atoms with Crippen LogP contribution < -0.4 is 5.32 Å². The minimum Gasteiger partial charge on any atom is -0.444 e. The predicted octanol–water partition coefficient (Wildman–Crippen LogP) is 4.58. The van der Waals surface area contributed by atoms with Crippen LogP contribution in [0.1, 0.15) is 39.3 Å². The lowest BCUT2D eigenvalue weighted by atomic mass is 10.1. The first-order valence-electron chi connectivity index (χ1n) is 5.63. The number of rotatable bonds is 2. The molecule has 1 rings (SSSR count). The second kappa shape index (κ2) is 5.81. The van der Waals surface area contributed by atoms with Gasteiger partial charge in [0.2, 0.25) is 0 Å². The number of amides is 1. The van der Waals surface area contributed by atoms with Crippen molar-refractivity contribution in [1.29, 1.82) is 0 Å². The number of alkyl carbamates (subject to hydrolysis) is 1. The van der Waals surface area contributed by atoms with E-state index >= 15 is 0 Å². The van der Waals surface area contributed by atoms with Crippen molar-refractivity contribution in [1.82, 2.24) is 5.32 Å². The number of hydrogen-bond donors (Lipinski definition) is 1. The Labute approximate surface area is 117 Å². The van der Waals surface area contributed by atoms with Crippen LogP contribution in [0.4, 0.5) is 4.79 Å². The van der Waals surface area contributed by atoms with Crippen LogP contribution in [0.25, 0.3) is 0 Å². The Balaban J connectivity index is 2.68. The van der Waals surface area contributed by atoms with Gasteiger partial charge in [-0.25, -0.2) is 4.79 Å². The first kappa shape index (κ1) is 15.1. The molecule has 0 saturated heterocycles. The summed E-state index contributed by atoms with van der Waals surface area (Å²) in [5.41, 5.74) is 0.358. The summed E-state index contributed by atoms with van der Waals surface area (Å²) in [6.07, 6.45) is -0.457. The Morgan fingerprint density at radius 2 is 1.89 bits per heavy atom. The molecule has 1 aromatic rings. The molecule has 0 radical (unpaired) electrons. The minimum absolute atomic E-state index is 0.199. The van der Waals surface area contributed by atoms with Crippen molar-refractivity contribution in [3.8, 4) is 0 Å². The Bertz CT molecular complexity index is 441. The molecule has 0 aliphatic rings. The molecular formula is C13H17Cl2NO2. The Kier molecular flexibility index (Phi) is 4.88. The zero-order valence-electron chi connectivity index (χ0n) is 10.9. The van der Waals surface area contributed by atoms with Crippen LogP contribution in [0, 0.1) is 0 Å². The maximum Gasteiger partial charge on any atom is 0.408 e. The van der Waals surface area contributed by atoms with Gasteiger partial charge in [0.05, 0.1) is 16.1 Å². The van der Waals surface area contributed by atoms with E-state index in [1.807, 2.05) is 33.8 Å². The summed E-state index contributed by atoms with van der Waals surface area (Å²) >= 11 is 11.8. The summed E-state index contributed by atoms with van der Waals surface area (Å²) in [7, 11) is 0. The highest BCUT2D eigenvalue weighted by Crippen LogP contribution is 2.25. The largest absolute Gasteiger partial charge is 0.444 e. The predicted molar refractivity (Wildman–Crippen MR) is 74.2 cm³/mol. The molecule has 100 valence electrons. The van der Waals surface area contributed by atoms with Crippen molar-refractivity contribution >= 4 is 29.3 Å². The SMILES string of the molecule is CC(NC(=O)OC(C)(C)C)c1ccc(Cl)c(Cl)c1. The Hall–Kier alpha value is -0.930. The van der Waals surface area contributed by atoms with E-state index in [0.29, 0.717) is 10.0 Å². The van der Waals surface area contributed by atoms with Crippen LogP contribution in [-0.2, 0) is 4.74 Å². The smallest absolute Gasteiger partial charge is 0.408 e. The van der Waals surface area contributed by atoms with Gasteiger partial charge in [-0.15, -0.1) is 0 Å². The van der Waals surface area contributed by atoms with Gasteiger partial charge >= 0.3 is 6.09 Å². The summed E-state index contributed by atoms with van der Waals surface area (Å²) in [6, 6.07) is 5.05. The maximum atomic E-state index is 11.6. The molecule has 1 N–H and O–H groups in total. The van der Waals surface area contributed by atoms with E-state index in [1.54, 1.807) is 12.1 Å². The minimum atomic E-state index is -0.512. The molecule has 0 aliphatic carbocycles. The highest BCUT2D eigenvalue weighted by molar-refractivity contribution is 6.42. The standard InChI is InChI=1S/C13H17Cl2NO2/c1-8(16-12(17)18-13(2,3)4)9-5-6-10(14)11(15)7-9/h5-8H,1-4H3,(H,16,17). The number of halogens is 2. The quantitative estimate of drug-likeness (QED) is 0.865. The second-order valence-corrected chi connectivity index (χ2v) is 5.86. The zero-order chi connectivity index (χ0) is 13.9. The average molecular weight is 290 g/mol. The third-order valence-electron chi connectivity index (χ3n) is 2.18. The number of nitrogens with one attached hydrogen (secondary N) is 1. The van der Waals surface area contributed by atoms with Crippen molar-refractivity contribution in [2.45, 2.75) is 39.3 Å². The van der Waals surface area contributed by atoms with E-state index in [2.05, 4.69) is 5.32 Å². The van der Waals surface area contributed by atoms with Gasteiger partial charge in [-0.1, -0.05) is 29.3 Å². The van der Waals surface area contributed by atoms with E-state index < -0.39 is 11.7 Å². The molecule has 3 nitrogen and oxygen atoms in total. The van der Waals surface area contributed by atoms with E-state index in [0.717, 1.165) is 5.56 Å². The normalized spacial score (nSPS) is 13.0. The molecule has 0 spiro atoms. The fourth-order valence-corrected chi connectivity index (χ4v) is 1.66. The van der Waals surface area contributed by atoms with E-state index in [1.165, 1.54) is 0 Å². The number of carbonyl (C=O) groups is 1. The number of carbonyl (C=O) groups excluding carboxylic acids is 1. The molecule has 0 heterocycles. The third kappa shape index (κ3) is 4.75. The van der Waals surface area contributed by atoms with E-state index in [4.69, 9.17) is 27.9 Å². The van der Waals surface area contributed by atoms with Crippen molar-refractivity contribution in [3.05, 3.63) is 33.8 Å². The van der Waals surface area contributed by atoms with Crippen LogP contribution in [0.5, 0.6) is 0 Å². The van der Waals surface area contributed by atoms with Gasteiger partial charge in [0, 0.05) is 0 Å². The highest BCUT2D eigenvalue weighted by Gasteiger charge is 2.18. The molecule has 0 fully saturated rings. The fraction of sp³-hybridized carbons (Fsp3) is 0.462. The van der Waals surface area contributed by atoms with Crippen molar-refractivity contribution in [3.63, 3.8) is 0 Å². The van der Waals surface area contributed by atoms with Gasteiger partial charge in [-0.05, 0) is 45.4 Å². The summed E-state index contributed by atoms with van der Waals surface area (Å²) in [6.45, 7) is 7.30.